The third-order valence-electron chi connectivity index (χ3n) is 3.24. The summed E-state index contributed by atoms with van der Waals surface area (Å²) < 4.78 is 11.1. The molecule has 1 fully saturated rings. The topological polar surface area (TPSA) is 59.9 Å². The zero-order chi connectivity index (χ0) is 15.2. The maximum absolute atomic E-state index is 11.6. The number of rotatable bonds is 7. The lowest BCUT2D eigenvalue weighted by atomic mass is 10.1. The summed E-state index contributed by atoms with van der Waals surface area (Å²) in [5.74, 6) is 1.57. The number of hydrazone groups is 1. The number of carbonyl (C=O) groups excluding carboxylic acids is 1. The van der Waals surface area contributed by atoms with E-state index >= 15 is 0 Å². The molecule has 1 N–H and O–H groups in total. The van der Waals surface area contributed by atoms with Crippen LogP contribution in [0.5, 0.6) is 11.5 Å². The summed E-state index contributed by atoms with van der Waals surface area (Å²) in [5, 5.41) is 4.15. The molecule has 0 saturated heterocycles. The zero-order valence-corrected chi connectivity index (χ0v) is 12.8. The lowest BCUT2D eigenvalue weighted by Gasteiger charge is -2.12. The number of carbonyl (C=O) groups is 1. The lowest BCUT2D eigenvalue weighted by molar-refractivity contribution is -0.122. The van der Waals surface area contributed by atoms with Crippen molar-refractivity contribution < 1.29 is 14.3 Å². The molecule has 0 unspecified atom stereocenters. The Morgan fingerprint density at radius 2 is 1.90 bits per heavy atom. The van der Waals surface area contributed by atoms with Gasteiger partial charge in [-0.15, -0.1) is 0 Å². The van der Waals surface area contributed by atoms with Gasteiger partial charge >= 0.3 is 0 Å². The molecule has 0 atom stereocenters. The first-order chi connectivity index (χ1) is 10.2. The third-order valence-corrected chi connectivity index (χ3v) is 3.24. The van der Waals surface area contributed by atoms with Crippen molar-refractivity contribution in [3.8, 4) is 11.5 Å². The Morgan fingerprint density at radius 3 is 2.52 bits per heavy atom. The van der Waals surface area contributed by atoms with Gasteiger partial charge in [0.05, 0.1) is 18.9 Å². The van der Waals surface area contributed by atoms with Crippen molar-refractivity contribution in [1.82, 2.24) is 5.43 Å². The van der Waals surface area contributed by atoms with Crippen molar-refractivity contribution >= 4 is 11.6 Å². The van der Waals surface area contributed by atoms with Crippen molar-refractivity contribution in [2.45, 2.75) is 33.6 Å². The first-order valence-corrected chi connectivity index (χ1v) is 7.39. The maximum atomic E-state index is 11.6. The molecule has 1 aliphatic rings. The Hall–Kier alpha value is -2.04. The van der Waals surface area contributed by atoms with Crippen LogP contribution >= 0.6 is 0 Å². The van der Waals surface area contributed by atoms with Crippen LogP contribution in [-0.2, 0) is 4.79 Å². The molecule has 5 nitrogen and oxygen atoms in total. The predicted octanol–water partition coefficient (Wildman–Crippen LogP) is 2.73. The second-order valence-electron chi connectivity index (χ2n) is 4.98. The van der Waals surface area contributed by atoms with E-state index in [9.17, 15) is 4.79 Å². The van der Waals surface area contributed by atoms with Gasteiger partial charge in [0.15, 0.2) is 11.5 Å². The molecule has 2 rings (SSSR count). The van der Waals surface area contributed by atoms with Crippen LogP contribution in [0, 0.1) is 5.92 Å². The van der Waals surface area contributed by atoms with Gasteiger partial charge in [-0.3, -0.25) is 4.79 Å². The molecular weight excluding hydrogens is 268 g/mol. The molecule has 0 bridgehead atoms. The number of nitrogens with one attached hydrogen (secondary N) is 1. The normalized spacial score (nSPS) is 14.7. The fraction of sp³-hybridized carbons (Fsp3) is 0.500. The number of hydrogen-bond donors (Lipinski definition) is 1. The van der Waals surface area contributed by atoms with Gasteiger partial charge < -0.3 is 9.47 Å². The van der Waals surface area contributed by atoms with Crippen LogP contribution in [0.25, 0.3) is 0 Å². The molecule has 1 amide bonds. The Balaban J connectivity index is 2.11. The fourth-order valence-corrected chi connectivity index (χ4v) is 1.92. The van der Waals surface area contributed by atoms with Gasteiger partial charge in [-0.2, -0.15) is 5.10 Å². The van der Waals surface area contributed by atoms with E-state index in [-0.39, 0.29) is 11.8 Å². The van der Waals surface area contributed by atoms with E-state index in [4.69, 9.17) is 9.47 Å². The molecule has 1 saturated carbocycles. The van der Waals surface area contributed by atoms with Crippen LogP contribution in [0.4, 0.5) is 0 Å². The SMILES string of the molecule is CCOc1ccc(/C(C)=N\NC(=O)C2CC2)cc1OCC. The average Bonchev–Trinajstić information content (AvgIpc) is 3.31. The van der Waals surface area contributed by atoms with Gasteiger partial charge in [0.2, 0.25) is 5.91 Å². The van der Waals surface area contributed by atoms with Crippen LogP contribution in [0.2, 0.25) is 0 Å². The molecule has 1 aromatic rings. The number of benzene rings is 1. The molecule has 1 aliphatic carbocycles. The van der Waals surface area contributed by atoms with Gasteiger partial charge in [-0.05, 0) is 51.8 Å². The van der Waals surface area contributed by atoms with E-state index in [1.54, 1.807) is 0 Å². The van der Waals surface area contributed by atoms with Crippen LogP contribution in [-0.4, -0.2) is 24.8 Å². The Morgan fingerprint density at radius 1 is 1.24 bits per heavy atom. The highest BCUT2D eigenvalue weighted by Crippen LogP contribution is 2.29. The van der Waals surface area contributed by atoms with Crippen molar-refractivity contribution in [3.05, 3.63) is 23.8 Å². The van der Waals surface area contributed by atoms with E-state index in [1.165, 1.54) is 0 Å². The maximum Gasteiger partial charge on any atom is 0.243 e. The van der Waals surface area contributed by atoms with E-state index in [1.807, 2.05) is 39.0 Å². The van der Waals surface area contributed by atoms with Crippen LogP contribution in [0.15, 0.2) is 23.3 Å². The Labute approximate surface area is 125 Å². The van der Waals surface area contributed by atoms with Crippen LogP contribution in [0.3, 0.4) is 0 Å². The van der Waals surface area contributed by atoms with Crippen LogP contribution < -0.4 is 14.9 Å². The second kappa shape index (κ2) is 7.11. The fourth-order valence-electron chi connectivity index (χ4n) is 1.92. The number of hydrogen-bond acceptors (Lipinski definition) is 4. The van der Waals surface area contributed by atoms with E-state index in [0.717, 1.165) is 29.9 Å². The average molecular weight is 290 g/mol. The standard InChI is InChI=1S/C16H22N2O3/c1-4-20-14-9-8-13(10-15(14)21-5-2)11(3)17-18-16(19)12-6-7-12/h8-10,12H,4-7H2,1-3H3,(H,18,19)/b17-11-. The van der Waals surface area contributed by atoms with Gasteiger partial charge in [-0.1, -0.05) is 0 Å². The molecule has 0 aliphatic heterocycles. The van der Waals surface area contributed by atoms with E-state index < -0.39 is 0 Å². The molecule has 0 radical (unpaired) electrons. The quantitative estimate of drug-likeness (QED) is 0.620. The summed E-state index contributed by atoms with van der Waals surface area (Å²) in [7, 11) is 0. The van der Waals surface area contributed by atoms with Gasteiger partial charge in [0, 0.05) is 11.5 Å². The summed E-state index contributed by atoms with van der Waals surface area (Å²) in [6.07, 6.45) is 1.94. The minimum absolute atomic E-state index is 0.00492. The second-order valence-corrected chi connectivity index (χ2v) is 4.98. The smallest absolute Gasteiger partial charge is 0.243 e. The van der Waals surface area contributed by atoms with E-state index in [2.05, 4.69) is 10.5 Å². The Kier molecular flexibility index (Phi) is 5.20. The summed E-state index contributed by atoms with van der Waals surface area (Å²) in [5.41, 5.74) is 4.26. The number of nitrogens with zero attached hydrogens (tertiary/aromatic N) is 1. The predicted molar refractivity (Wildman–Crippen MR) is 81.9 cm³/mol. The largest absolute Gasteiger partial charge is 0.490 e. The van der Waals surface area contributed by atoms with Gasteiger partial charge in [0.1, 0.15) is 0 Å². The van der Waals surface area contributed by atoms with Gasteiger partial charge in [0.25, 0.3) is 0 Å². The summed E-state index contributed by atoms with van der Waals surface area (Å²) >= 11 is 0. The van der Waals surface area contributed by atoms with Crippen molar-refractivity contribution in [2.75, 3.05) is 13.2 Å². The highest BCUT2D eigenvalue weighted by Gasteiger charge is 2.29. The minimum atomic E-state index is 0.00492. The summed E-state index contributed by atoms with van der Waals surface area (Å²) in [6.45, 7) is 6.88. The molecule has 21 heavy (non-hydrogen) atoms. The molecule has 1 aromatic carbocycles. The van der Waals surface area contributed by atoms with Crippen molar-refractivity contribution in [1.29, 1.82) is 0 Å². The molecule has 114 valence electrons. The zero-order valence-electron chi connectivity index (χ0n) is 12.8. The van der Waals surface area contributed by atoms with E-state index in [0.29, 0.717) is 19.0 Å². The Bertz CT molecular complexity index is 536. The first kappa shape index (κ1) is 15.4. The molecule has 0 spiro atoms. The summed E-state index contributed by atoms with van der Waals surface area (Å²) in [6, 6.07) is 5.66. The highest BCUT2D eigenvalue weighted by molar-refractivity contribution is 5.99. The lowest BCUT2D eigenvalue weighted by Crippen LogP contribution is -2.20. The molecule has 0 heterocycles. The molecule has 0 aromatic heterocycles. The molecular formula is C16H22N2O3. The summed E-state index contributed by atoms with van der Waals surface area (Å²) in [4.78, 5) is 11.6. The highest BCUT2D eigenvalue weighted by atomic mass is 16.5. The van der Waals surface area contributed by atoms with Crippen molar-refractivity contribution in [3.63, 3.8) is 0 Å². The van der Waals surface area contributed by atoms with Crippen molar-refractivity contribution in [2.24, 2.45) is 11.0 Å². The van der Waals surface area contributed by atoms with Gasteiger partial charge in [-0.25, -0.2) is 5.43 Å². The first-order valence-electron chi connectivity index (χ1n) is 7.39. The third kappa shape index (κ3) is 4.21. The molecule has 5 heteroatoms. The minimum Gasteiger partial charge on any atom is -0.490 e. The monoisotopic (exact) mass is 290 g/mol. The van der Waals surface area contributed by atoms with Crippen LogP contribution in [0.1, 0.15) is 39.2 Å². The number of ether oxygens (including phenoxy) is 2. The number of amides is 1.